The third-order valence-electron chi connectivity index (χ3n) is 3.16. The van der Waals surface area contributed by atoms with Gasteiger partial charge in [0.15, 0.2) is 5.89 Å². The summed E-state index contributed by atoms with van der Waals surface area (Å²) in [5, 5.41) is 8.57. The van der Waals surface area contributed by atoms with Crippen LogP contribution in [-0.4, -0.2) is 40.5 Å². The van der Waals surface area contributed by atoms with Crippen molar-refractivity contribution in [2.24, 2.45) is 0 Å². The first-order chi connectivity index (χ1) is 8.99. The van der Waals surface area contributed by atoms with Gasteiger partial charge in [-0.2, -0.15) is 0 Å². The predicted octanol–water partition coefficient (Wildman–Crippen LogP) is 1.80. The number of nitrogens with zero attached hydrogens (tertiary/aromatic N) is 2. The van der Waals surface area contributed by atoms with E-state index in [0.29, 0.717) is 30.5 Å². The second kappa shape index (κ2) is 5.42. The van der Waals surface area contributed by atoms with Gasteiger partial charge in [0, 0.05) is 25.9 Å². The average Bonchev–Trinajstić information content (AvgIpc) is 3.11. The molecule has 6 heteroatoms. The summed E-state index contributed by atoms with van der Waals surface area (Å²) in [7, 11) is 1.64. The summed E-state index contributed by atoms with van der Waals surface area (Å²) in [6, 6.07) is 0. The van der Waals surface area contributed by atoms with Crippen molar-refractivity contribution in [1.82, 2.24) is 9.88 Å². The van der Waals surface area contributed by atoms with Crippen molar-refractivity contribution in [2.45, 2.75) is 38.5 Å². The van der Waals surface area contributed by atoms with E-state index in [-0.39, 0.29) is 18.1 Å². The van der Waals surface area contributed by atoms with Crippen LogP contribution in [0.5, 0.6) is 0 Å². The van der Waals surface area contributed by atoms with E-state index in [9.17, 15) is 9.59 Å². The zero-order chi connectivity index (χ0) is 14.0. The summed E-state index contributed by atoms with van der Waals surface area (Å²) < 4.78 is 5.53. The number of rotatable bonds is 6. The fraction of sp³-hybridized carbons (Fsp3) is 0.615. The Balaban J connectivity index is 1.96. The monoisotopic (exact) mass is 266 g/mol. The molecule has 0 bridgehead atoms. The number of carbonyl (C=O) groups is 2. The molecule has 1 heterocycles. The van der Waals surface area contributed by atoms with E-state index >= 15 is 0 Å². The van der Waals surface area contributed by atoms with Crippen LogP contribution in [0.4, 0.5) is 0 Å². The van der Waals surface area contributed by atoms with E-state index in [2.05, 4.69) is 4.98 Å². The van der Waals surface area contributed by atoms with Gasteiger partial charge in [-0.15, -0.1) is 0 Å². The molecule has 0 spiro atoms. The highest BCUT2D eigenvalue weighted by Gasteiger charge is 2.31. The maximum Gasteiger partial charge on any atom is 0.303 e. The highest BCUT2D eigenvalue weighted by atomic mass is 16.4. The molecule has 1 saturated carbocycles. The predicted molar refractivity (Wildman–Crippen MR) is 67.0 cm³/mol. The molecule has 6 nitrogen and oxygen atoms in total. The molecule has 1 aliphatic carbocycles. The van der Waals surface area contributed by atoms with Crippen LogP contribution in [0, 0.1) is 6.92 Å². The van der Waals surface area contributed by atoms with E-state index < -0.39 is 5.97 Å². The average molecular weight is 266 g/mol. The molecule has 1 aromatic rings. The SMILES string of the molecule is Cc1nc(C2CC2)oc1C(=O)N(C)CCCC(=O)O. The van der Waals surface area contributed by atoms with Gasteiger partial charge in [0.1, 0.15) is 0 Å². The Kier molecular flexibility index (Phi) is 3.87. The Morgan fingerprint density at radius 3 is 2.74 bits per heavy atom. The van der Waals surface area contributed by atoms with Gasteiger partial charge >= 0.3 is 5.97 Å². The van der Waals surface area contributed by atoms with Gasteiger partial charge in [-0.3, -0.25) is 9.59 Å². The summed E-state index contributed by atoms with van der Waals surface area (Å²) in [4.78, 5) is 28.3. The molecule has 1 N–H and O–H groups in total. The van der Waals surface area contributed by atoms with Gasteiger partial charge < -0.3 is 14.4 Å². The molecule has 0 unspecified atom stereocenters. The summed E-state index contributed by atoms with van der Waals surface area (Å²) in [5.74, 6) is 0.215. The number of hydrogen-bond donors (Lipinski definition) is 1. The minimum Gasteiger partial charge on any atom is -0.481 e. The van der Waals surface area contributed by atoms with Gasteiger partial charge in [-0.25, -0.2) is 4.98 Å². The molecule has 0 aromatic carbocycles. The molecule has 1 fully saturated rings. The number of carboxylic acid groups (broad SMARTS) is 1. The summed E-state index contributed by atoms with van der Waals surface area (Å²) >= 11 is 0. The maximum atomic E-state index is 12.1. The van der Waals surface area contributed by atoms with Crippen LogP contribution in [0.3, 0.4) is 0 Å². The lowest BCUT2D eigenvalue weighted by Crippen LogP contribution is -2.28. The van der Waals surface area contributed by atoms with Crippen LogP contribution >= 0.6 is 0 Å². The van der Waals surface area contributed by atoms with Crippen molar-refractivity contribution < 1.29 is 19.1 Å². The lowest BCUT2D eigenvalue weighted by Gasteiger charge is -2.14. The third kappa shape index (κ3) is 3.33. The molecule has 1 amide bonds. The molecule has 104 valence electrons. The number of aromatic nitrogens is 1. The summed E-state index contributed by atoms with van der Waals surface area (Å²) in [6.07, 6.45) is 2.63. The number of aliphatic carboxylic acids is 1. The van der Waals surface area contributed by atoms with Gasteiger partial charge in [-0.1, -0.05) is 0 Å². The van der Waals surface area contributed by atoms with Crippen molar-refractivity contribution in [3.8, 4) is 0 Å². The van der Waals surface area contributed by atoms with Crippen LogP contribution in [0.1, 0.15) is 53.7 Å². The van der Waals surface area contributed by atoms with Crippen molar-refractivity contribution in [3.05, 3.63) is 17.3 Å². The van der Waals surface area contributed by atoms with Gasteiger partial charge in [-0.05, 0) is 26.2 Å². The molecule has 0 saturated heterocycles. The van der Waals surface area contributed by atoms with Crippen LogP contribution in [0.25, 0.3) is 0 Å². The number of amides is 1. The molecule has 0 aliphatic heterocycles. The molecule has 1 aliphatic rings. The highest BCUT2D eigenvalue weighted by Crippen LogP contribution is 2.40. The van der Waals surface area contributed by atoms with Crippen molar-refractivity contribution in [3.63, 3.8) is 0 Å². The summed E-state index contributed by atoms with van der Waals surface area (Å²) in [5.41, 5.74) is 0.608. The number of carbonyl (C=O) groups excluding carboxylic acids is 1. The van der Waals surface area contributed by atoms with Crippen LogP contribution in [0.2, 0.25) is 0 Å². The van der Waals surface area contributed by atoms with E-state index in [0.717, 1.165) is 12.8 Å². The number of hydrogen-bond acceptors (Lipinski definition) is 4. The first-order valence-electron chi connectivity index (χ1n) is 6.43. The van der Waals surface area contributed by atoms with Crippen molar-refractivity contribution in [1.29, 1.82) is 0 Å². The Bertz CT molecular complexity index is 491. The quantitative estimate of drug-likeness (QED) is 0.848. The minimum absolute atomic E-state index is 0.0559. The number of carboxylic acids is 1. The zero-order valence-electron chi connectivity index (χ0n) is 11.2. The van der Waals surface area contributed by atoms with Crippen LogP contribution in [0.15, 0.2) is 4.42 Å². The van der Waals surface area contributed by atoms with E-state index in [1.54, 1.807) is 14.0 Å². The van der Waals surface area contributed by atoms with Gasteiger partial charge in [0.25, 0.3) is 5.91 Å². The fourth-order valence-corrected chi connectivity index (χ4v) is 1.86. The van der Waals surface area contributed by atoms with E-state index in [1.807, 2.05) is 0 Å². The minimum atomic E-state index is -0.854. The number of oxazole rings is 1. The summed E-state index contributed by atoms with van der Waals surface area (Å²) in [6.45, 7) is 2.15. The standard InChI is InChI=1S/C13H18N2O4/c1-8-11(19-12(14-8)9-5-6-9)13(18)15(2)7-3-4-10(16)17/h9H,3-7H2,1-2H3,(H,16,17). The normalized spacial score (nSPS) is 14.4. The van der Waals surface area contributed by atoms with Gasteiger partial charge in [0.2, 0.25) is 5.76 Å². The number of aryl methyl sites for hydroxylation is 1. The Hall–Kier alpha value is -1.85. The third-order valence-corrected chi connectivity index (χ3v) is 3.16. The Morgan fingerprint density at radius 2 is 2.16 bits per heavy atom. The van der Waals surface area contributed by atoms with E-state index in [4.69, 9.17) is 9.52 Å². The maximum absolute atomic E-state index is 12.1. The molecule has 2 rings (SSSR count). The second-order valence-electron chi connectivity index (χ2n) is 4.96. The molecule has 0 atom stereocenters. The first-order valence-corrected chi connectivity index (χ1v) is 6.43. The first kappa shape index (κ1) is 13.6. The topological polar surface area (TPSA) is 83.6 Å². The smallest absolute Gasteiger partial charge is 0.303 e. The van der Waals surface area contributed by atoms with E-state index in [1.165, 1.54) is 4.90 Å². The van der Waals surface area contributed by atoms with Crippen molar-refractivity contribution >= 4 is 11.9 Å². The largest absolute Gasteiger partial charge is 0.481 e. The zero-order valence-corrected chi connectivity index (χ0v) is 11.2. The Labute approximate surface area is 111 Å². The molecule has 0 radical (unpaired) electrons. The lowest BCUT2D eigenvalue weighted by molar-refractivity contribution is -0.137. The van der Waals surface area contributed by atoms with Gasteiger partial charge in [0.05, 0.1) is 5.69 Å². The Morgan fingerprint density at radius 1 is 1.47 bits per heavy atom. The molecular weight excluding hydrogens is 248 g/mol. The highest BCUT2D eigenvalue weighted by molar-refractivity contribution is 5.92. The van der Waals surface area contributed by atoms with Crippen LogP contribution < -0.4 is 0 Å². The molecule has 1 aromatic heterocycles. The molecule has 19 heavy (non-hydrogen) atoms. The second-order valence-corrected chi connectivity index (χ2v) is 4.96. The fourth-order valence-electron chi connectivity index (χ4n) is 1.86. The van der Waals surface area contributed by atoms with Crippen LogP contribution in [-0.2, 0) is 4.79 Å². The lowest BCUT2D eigenvalue weighted by atomic mass is 10.2. The van der Waals surface area contributed by atoms with Crippen molar-refractivity contribution in [2.75, 3.05) is 13.6 Å². The molecular formula is C13H18N2O4.